The number of fused-ring (bicyclic) bond motifs is 2. The van der Waals surface area contributed by atoms with Crippen LogP contribution in [0, 0.1) is 0 Å². The highest BCUT2D eigenvalue weighted by molar-refractivity contribution is 6.09. The molecule has 6 heteroatoms. The predicted molar refractivity (Wildman–Crippen MR) is 93.1 cm³/mol. The van der Waals surface area contributed by atoms with Crippen LogP contribution in [-0.4, -0.2) is 28.5 Å². The van der Waals surface area contributed by atoms with E-state index in [1.54, 1.807) is 54.6 Å². The van der Waals surface area contributed by atoms with E-state index in [4.69, 9.17) is 0 Å². The van der Waals surface area contributed by atoms with Crippen LogP contribution in [-0.2, 0) is 4.79 Å². The van der Waals surface area contributed by atoms with Gasteiger partial charge < -0.3 is 15.0 Å². The topological polar surface area (TPSA) is 90.5 Å². The molecule has 0 radical (unpaired) electrons. The highest BCUT2D eigenvalue weighted by atomic mass is 16.4. The molecule has 1 aliphatic rings. The van der Waals surface area contributed by atoms with E-state index >= 15 is 0 Å². The summed E-state index contributed by atoms with van der Waals surface area (Å²) < 4.78 is 0. The molecule has 2 heterocycles. The van der Waals surface area contributed by atoms with Crippen molar-refractivity contribution in [2.45, 2.75) is 5.92 Å². The van der Waals surface area contributed by atoms with Crippen molar-refractivity contribution in [1.29, 1.82) is 0 Å². The molecule has 1 amide bonds. The van der Waals surface area contributed by atoms with Gasteiger partial charge in [0.05, 0.1) is 0 Å². The van der Waals surface area contributed by atoms with Crippen molar-refractivity contribution >= 4 is 28.3 Å². The number of amides is 1. The van der Waals surface area contributed by atoms with Gasteiger partial charge in [-0.2, -0.15) is 0 Å². The van der Waals surface area contributed by atoms with E-state index in [0.717, 1.165) is 0 Å². The zero-order valence-electron chi connectivity index (χ0n) is 13.1. The largest absolute Gasteiger partial charge is 0.481 e. The monoisotopic (exact) mass is 334 g/mol. The van der Waals surface area contributed by atoms with Crippen LogP contribution in [0.3, 0.4) is 0 Å². The minimum absolute atomic E-state index is 0.0440. The number of nitrogens with one attached hydrogen (secondary N) is 1. The second-order valence-corrected chi connectivity index (χ2v) is 5.96. The molecule has 0 saturated carbocycles. The molecule has 1 atom stereocenters. The summed E-state index contributed by atoms with van der Waals surface area (Å²) in [6.45, 7) is 0.0440. The maximum Gasteiger partial charge on any atom is 0.312 e. The first-order valence-electron chi connectivity index (χ1n) is 7.82. The Hall–Kier alpha value is -3.41. The number of nitrogens with zero attached hydrogens (tertiary/aromatic N) is 1. The highest BCUT2D eigenvalue weighted by Gasteiger charge is 2.36. The number of carbonyl (C=O) groups excluding carboxylic acids is 1. The van der Waals surface area contributed by atoms with Crippen molar-refractivity contribution in [3.05, 3.63) is 76.2 Å². The van der Waals surface area contributed by atoms with Crippen molar-refractivity contribution in [1.82, 2.24) is 4.98 Å². The average molecular weight is 334 g/mol. The zero-order chi connectivity index (χ0) is 17.6. The van der Waals surface area contributed by atoms with Crippen LogP contribution >= 0.6 is 0 Å². The van der Waals surface area contributed by atoms with Gasteiger partial charge in [-0.3, -0.25) is 14.4 Å². The molecular formula is C19H14N2O4. The minimum atomic E-state index is -0.977. The summed E-state index contributed by atoms with van der Waals surface area (Å²) in [5, 5.41) is 10.6. The van der Waals surface area contributed by atoms with Gasteiger partial charge in [-0.15, -0.1) is 0 Å². The molecule has 1 unspecified atom stereocenters. The van der Waals surface area contributed by atoms with Crippen LogP contribution in [0.25, 0.3) is 10.8 Å². The molecule has 0 bridgehead atoms. The van der Waals surface area contributed by atoms with Crippen molar-refractivity contribution in [2.75, 3.05) is 11.4 Å². The number of rotatable bonds is 2. The fourth-order valence-electron chi connectivity index (χ4n) is 3.28. The molecule has 4 rings (SSSR count). The molecule has 0 aliphatic carbocycles. The number of anilines is 1. The van der Waals surface area contributed by atoms with Crippen molar-refractivity contribution in [3.8, 4) is 0 Å². The van der Waals surface area contributed by atoms with Gasteiger partial charge in [0, 0.05) is 17.6 Å². The van der Waals surface area contributed by atoms with Crippen LogP contribution in [0.1, 0.15) is 22.0 Å². The number of aromatic nitrogens is 1. The summed E-state index contributed by atoms with van der Waals surface area (Å²) in [5.74, 6) is -2.17. The van der Waals surface area contributed by atoms with Crippen molar-refractivity contribution in [2.24, 2.45) is 0 Å². The van der Waals surface area contributed by atoms with Gasteiger partial charge in [-0.05, 0) is 29.1 Å². The zero-order valence-corrected chi connectivity index (χ0v) is 13.1. The van der Waals surface area contributed by atoms with Crippen LogP contribution in [0.15, 0.2) is 59.4 Å². The Morgan fingerprint density at radius 3 is 2.60 bits per heavy atom. The van der Waals surface area contributed by atoms with Crippen LogP contribution in [0.5, 0.6) is 0 Å². The van der Waals surface area contributed by atoms with E-state index in [0.29, 0.717) is 22.0 Å². The summed E-state index contributed by atoms with van der Waals surface area (Å²) in [5.41, 5.74) is 0.966. The normalized spacial score (nSPS) is 16.0. The molecule has 0 spiro atoms. The molecule has 0 saturated heterocycles. The average Bonchev–Trinajstić information content (AvgIpc) is 3.01. The maximum absolute atomic E-state index is 12.9. The number of carboxylic acids is 1. The molecular weight excluding hydrogens is 320 g/mol. The molecule has 2 aromatic carbocycles. The third-order valence-corrected chi connectivity index (χ3v) is 4.50. The van der Waals surface area contributed by atoms with Gasteiger partial charge in [0.2, 0.25) is 0 Å². The minimum Gasteiger partial charge on any atom is -0.481 e. The lowest BCUT2D eigenvalue weighted by atomic mass is 10.0. The first kappa shape index (κ1) is 15.1. The number of aromatic amines is 1. The predicted octanol–water partition coefficient (Wildman–Crippen LogP) is 2.36. The summed E-state index contributed by atoms with van der Waals surface area (Å²) >= 11 is 0. The van der Waals surface area contributed by atoms with Gasteiger partial charge in [0.1, 0.15) is 11.6 Å². The van der Waals surface area contributed by atoms with E-state index < -0.39 is 17.8 Å². The molecule has 124 valence electrons. The maximum atomic E-state index is 12.9. The number of pyridine rings is 1. The van der Waals surface area contributed by atoms with E-state index in [2.05, 4.69) is 4.98 Å². The van der Waals surface area contributed by atoms with Crippen LogP contribution < -0.4 is 10.5 Å². The second kappa shape index (κ2) is 5.59. The quantitative estimate of drug-likeness (QED) is 0.753. The van der Waals surface area contributed by atoms with Gasteiger partial charge in [0.15, 0.2) is 0 Å². The molecule has 1 aliphatic heterocycles. The first-order chi connectivity index (χ1) is 12.1. The van der Waals surface area contributed by atoms with Gasteiger partial charge in [-0.25, -0.2) is 0 Å². The number of hydrogen-bond donors (Lipinski definition) is 2. The lowest BCUT2D eigenvalue weighted by Crippen LogP contribution is -2.32. The number of carboxylic acid groups (broad SMARTS) is 1. The number of hydrogen-bond acceptors (Lipinski definition) is 3. The fourth-order valence-corrected chi connectivity index (χ4v) is 3.28. The Morgan fingerprint density at radius 2 is 1.80 bits per heavy atom. The Balaban J connectivity index is 1.80. The summed E-state index contributed by atoms with van der Waals surface area (Å²) in [6.07, 6.45) is 0. The van der Waals surface area contributed by atoms with Gasteiger partial charge in [-0.1, -0.05) is 36.4 Å². The highest BCUT2D eigenvalue weighted by Crippen LogP contribution is 2.36. The summed E-state index contributed by atoms with van der Waals surface area (Å²) in [7, 11) is 0. The molecule has 6 nitrogen and oxygen atoms in total. The number of benzene rings is 2. The number of H-pyrrole nitrogens is 1. The van der Waals surface area contributed by atoms with E-state index in [9.17, 15) is 19.5 Å². The number of carbonyl (C=O) groups is 2. The number of para-hydroxylation sites is 1. The Kier molecular flexibility index (Phi) is 3.39. The van der Waals surface area contributed by atoms with Crippen molar-refractivity contribution < 1.29 is 14.7 Å². The molecule has 0 fully saturated rings. The first-order valence-corrected chi connectivity index (χ1v) is 7.82. The second-order valence-electron chi connectivity index (χ2n) is 5.96. The Bertz CT molecular complexity index is 1070. The van der Waals surface area contributed by atoms with Gasteiger partial charge in [0.25, 0.3) is 11.5 Å². The smallest absolute Gasteiger partial charge is 0.312 e. The van der Waals surface area contributed by atoms with E-state index in [1.807, 2.05) is 0 Å². The lowest BCUT2D eigenvalue weighted by Gasteiger charge is -2.17. The van der Waals surface area contributed by atoms with E-state index in [1.165, 1.54) is 4.90 Å². The van der Waals surface area contributed by atoms with Crippen LogP contribution in [0.2, 0.25) is 0 Å². The molecule has 25 heavy (non-hydrogen) atoms. The Labute approximate surface area is 142 Å². The SMILES string of the molecule is O=C(O)C1CN(C(=O)c2cc3ccccc3c(=O)[nH]2)c2ccccc21. The summed E-state index contributed by atoms with van der Waals surface area (Å²) in [4.78, 5) is 40.7. The van der Waals surface area contributed by atoms with Crippen LogP contribution in [0.4, 0.5) is 5.69 Å². The molecule has 2 N–H and O–H groups in total. The lowest BCUT2D eigenvalue weighted by molar-refractivity contribution is -0.138. The fraction of sp³-hybridized carbons (Fsp3) is 0.105. The van der Waals surface area contributed by atoms with E-state index in [-0.39, 0.29) is 17.8 Å². The molecule has 3 aromatic rings. The third-order valence-electron chi connectivity index (χ3n) is 4.50. The number of aliphatic carboxylic acids is 1. The third kappa shape index (κ3) is 2.39. The van der Waals surface area contributed by atoms with Crippen molar-refractivity contribution in [3.63, 3.8) is 0 Å². The summed E-state index contributed by atoms with van der Waals surface area (Å²) in [6, 6.07) is 15.6. The standard InChI is InChI=1S/C19H14N2O4/c22-17-12-6-2-1-5-11(12)9-15(20-17)18(23)21-10-14(19(24)25)13-7-3-4-8-16(13)21/h1-9,14H,10H2,(H,20,22)(H,24,25). The Morgan fingerprint density at radius 1 is 1.08 bits per heavy atom. The molecule has 1 aromatic heterocycles. The van der Waals surface area contributed by atoms with Gasteiger partial charge >= 0.3 is 5.97 Å².